The maximum atomic E-state index is 12.7. The zero-order valence-electron chi connectivity index (χ0n) is 14.4. The number of likely N-dealkylation sites (tertiary alicyclic amines) is 1. The van der Waals surface area contributed by atoms with Gasteiger partial charge < -0.3 is 15.7 Å². The lowest BCUT2D eigenvalue weighted by molar-refractivity contribution is -0.135. The molecule has 0 aromatic carbocycles. The summed E-state index contributed by atoms with van der Waals surface area (Å²) in [7, 11) is 0. The average molecular weight is 320 g/mol. The van der Waals surface area contributed by atoms with Crippen LogP contribution in [0.1, 0.15) is 49.6 Å². The van der Waals surface area contributed by atoms with Gasteiger partial charge in [0.05, 0.1) is 13.0 Å². The second-order valence-electron chi connectivity index (χ2n) is 6.73. The third-order valence-corrected chi connectivity index (χ3v) is 4.90. The van der Waals surface area contributed by atoms with E-state index in [-0.39, 0.29) is 23.9 Å². The van der Waals surface area contributed by atoms with E-state index in [1.54, 1.807) is 0 Å². The van der Waals surface area contributed by atoms with Gasteiger partial charge in [0.15, 0.2) is 0 Å². The maximum absolute atomic E-state index is 12.7. The number of hydrogen-bond acceptors (Lipinski definition) is 5. The molecule has 3 N–H and O–H groups in total. The molecule has 0 radical (unpaired) electrons. The number of aryl methyl sites for hydroxylation is 2. The molecule has 6 heteroatoms. The standard InChI is InChI=1S/C17H28N4O2/c1-4-6-17(11-22)7-5-8-21(10-17)15(23)9-14-12(2)19-16(18)20-13(14)3/h22H,4-11H2,1-3H3,(H2,18,19,20). The fourth-order valence-corrected chi connectivity index (χ4v) is 3.65. The van der Waals surface area contributed by atoms with Crippen LogP contribution in [0.15, 0.2) is 0 Å². The van der Waals surface area contributed by atoms with Crippen molar-refractivity contribution in [3.63, 3.8) is 0 Å². The summed E-state index contributed by atoms with van der Waals surface area (Å²) < 4.78 is 0. The zero-order valence-corrected chi connectivity index (χ0v) is 14.4. The largest absolute Gasteiger partial charge is 0.396 e. The molecule has 0 spiro atoms. The smallest absolute Gasteiger partial charge is 0.227 e. The number of amides is 1. The lowest BCUT2D eigenvalue weighted by Crippen LogP contribution is -2.48. The number of aliphatic hydroxyl groups excluding tert-OH is 1. The first-order valence-electron chi connectivity index (χ1n) is 8.39. The molecule has 1 fully saturated rings. The normalized spacial score (nSPS) is 21.5. The van der Waals surface area contributed by atoms with Gasteiger partial charge in [-0.05, 0) is 33.1 Å². The van der Waals surface area contributed by atoms with Gasteiger partial charge in [0.25, 0.3) is 0 Å². The average Bonchev–Trinajstić information content (AvgIpc) is 2.51. The minimum atomic E-state index is -0.135. The topological polar surface area (TPSA) is 92.3 Å². The van der Waals surface area contributed by atoms with E-state index in [4.69, 9.17) is 5.73 Å². The number of carbonyl (C=O) groups is 1. The summed E-state index contributed by atoms with van der Waals surface area (Å²) in [6, 6.07) is 0. The Balaban J connectivity index is 2.12. The highest BCUT2D eigenvalue weighted by Gasteiger charge is 2.36. The van der Waals surface area contributed by atoms with E-state index in [1.807, 2.05) is 18.7 Å². The van der Waals surface area contributed by atoms with Crippen LogP contribution in [-0.4, -0.2) is 45.6 Å². The Bertz CT molecular complexity index is 549. The maximum Gasteiger partial charge on any atom is 0.227 e. The second kappa shape index (κ2) is 7.25. The van der Waals surface area contributed by atoms with E-state index in [0.717, 1.165) is 49.2 Å². The van der Waals surface area contributed by atoms with Crippen molar-refractivity contribution >= 4 is 11.9 Å². The molecule has 1 aliphatic rings. The van der Waals surface area contributed by atoms with Crippen LogP contribution < -0.4 is 5.73 Å². The zero-order chi connectivity index (χ0) is 17.0. The van der Waals surface area contributed by atoms with Crippen LogP contribution in [0.2, 0.25) is 0 Å². The predicted octanol–water partition coefficient (Wildman–Crippen LogP) is 1.62. The SMILES string of the molecule is CCCC1(CO)CCCN(C(=O)Cc2c(C)nc(N)nc2C)C1. The number of hydrogen-bond donors (Lipinski definition) is 2. The minimum absolute atomic E-state index is 0.0817. The van der Waals surface area contributed by atoms with Crippen LogP contribution in [0.3, 0.4) is 0 Å². The Labute approximate surface area is 138 Å². The molecule has 1 atom stereocenters. The molecule has 1 aromatic rings. The van der Waals surface area contributed by atoms with Crippen LogP contribution in [0, 0.1) is 19.3 Å². The summed E-state index contributed by atoms with van der Waals surface area (Å²) in [5.41, 5.74) is 7.90. The van der Waals surface area contributed by atoms with Crippen LogP contribution in [0.5, 0.6) is 0 Å². The van der Waals surface area contributed by atoms with E-state index >= 15 is 0 Å². The Morgan fingerprint density at radius 1 is 1.35 bits per heavy atom. The van der Waals surface area contributed by atoms with E-state index < -0.39 is 0 Å². The van der Waals surface area contributed by atoms with Crippen molar-refractivity contribution in [3.8, 4) is 0 Å². The minimum Gasteiger partial charge on any atom is -0.396 e. The third-order valence-electron chi connectivity index (χ3n) is 4.90. The molecule has 0 bridgehead atoms. The Hall–Kier alpha value is -1.69. The molecule has 1 unspecified atom stereocenters. The molecule has 6 nitrogen and oxygen atoms in total. The second-order valence-corrected chi connectivity index (χ2v) is 6.73. The number of aliphatic hydroxyl groups is 1. The van der Waals surface area contributed by atoms with Gasteiger partial charge in [-0.25, -0.2) is 9.97 Å². The van der Waals surface area contributed by atoms with Crippen molar-refractivity contribution in [2.24, 2.45) is 5.41 Å². The summed E-state index contributed by atoms with van der Waals surface area (Å²) in [5.74, 6) is 0.328. The van der Waals surface area contributed by atoms with Gasteiger partial charge in [0.1, 0.15) is 0 Å². The molecule has 2 rings (SSSR count). The summed E-state index contributed by atoms with van der Waals surface area (Å²) in [6.07, 6.45) is 4.21. The van der Waals surface area contributed by atoms with Crippen molar-refractivity contribution in [2.45, 2.75) is 52.9 Å². The van der Waals surface area contributed by atoms with Gasteiger partial charge >= 0.3 is 0 Å². The van der Waals surface area contributed by atoms with Crippen molar-refractivity contribution < 1.29 is 9.90 Å². The third kappa shape index (κ3) is 3.99. The molecule has 1 saturated heterocycles. The van der Waals surface area contributed by atoms with Gasteiger partial charge in [-0.3, -0.25) is 4.79 Å². The van der Waals surface area contributed by atoms with Crippen LogP contribution in [0.25, 0.3) is 0 Å². The Morgan fingerprint density at radius 3 is 2.57 bits per heavy atom. The summed E-state index contributed by atoms with van der Waals surface area (Å²) in [5, 5.41) is 9.81. The molecule has 0 aliphatic carbocycles. The predicted molar refractivity (Wildman–Crippen MR) is 89.9 cm³/mol. The van der Waals surface area contributed by atoms with Crippen LogP contribution in [0.4, 0.5) is 5.95 Å². The quantitative estimate of drug-likeness (QED) is 0.860. The molecule has 0 saturated carbocycles. The monoisotopic (exact) mass is 320 g/mol. The van der Waals surface area contributed by atoms with Gasteiger partial charge in [-0.2, -0.15) is 0 Å². The fourth-order valence-electron chi connectivity index (χ4n) is 3.65. The highest BCUT2D eigenvalue weighted by Crippen LogP contribution is 2.34. The first kappa shape index (κ1) is 17.7. The van der Waals surface area contributed by atoms with E-state index in [2.05, 4.69) is 16.9 Å². The summed E-state index contributed by atoms with van der Waals surface area (Å²) in [6.45, 7) is 7.39. The summed E-state index contributed by atoms with van der Waals surface area (Å²) in [4.78, 5) is 22.9. The molecule has 2 heterocycles. The fraction of sp³-hybridized carbons (Fsp3) is 0.706. The van der Waals surface area contributed by atoms with Gasteiger partial charge in [0.2, 0.25) is 11.9 Å². The van der Waals surface area contributed by atoms with Crippen molar-refractivity contribution in [3.05, 3.63) is 17.0 Å². The number of anilines is 1. The molecule has 1 aromatic heterocycles. The van der Waals surface area contributed by atoms with Gasteiger partial charge in [0, 0.05) is 35.5 Å². The number of aromatic nitrogens is 2. The van der Waals surface area contributed by atoms with Gasteiger partial charge in [-0.15, -0.1) is 0 Å². The van der Waals surface area contributed by atoms with Crippen molar-refractivity contribution in [2.75, 3.05) is 25.4 Å². The molecule has 23 heavy (non-hydrogen) atoms. The number of piperidine rings is 1. The molecule has 128 valence electrons. The van der Waals surface area contributed by atoms with Crippen LogP contribution >= 0.6 is 0 Å². The number of nitrogens with zero attached hydrogens (tertiary/aromatic N) is 3. The number of rotatable bonds is 5. The lowest BCUT2D eigenvalue weighted by atomic mass is 9.77. The van der Waals surface area contributed by atoms with E-state index in [9.17, 15) is 9.90 Å². The van der Waals surface area contributed by atoms with Crippen LogP contribution in [-0.2, 0) is 11.2 Å². The Kier molecular flexibility index (Phi) is 5.57. The molecular formula is C17H28N4O2. The summed E-state index contributed by atoms with van der Waals surface area (Å²) >= 11 is 0. The number of nitrogen functional groups attached to an aromatic ring is 1. The first-order chi connectivity index (χ1) is 10.9. The highest BCUT2D eigenvalue weighted by atomic mass is 16.3. The molecular weight excluding hydrogens is 292 g/mol. The lowest BCUT2D eigenvalue weighted by Gasteiger charge is -2.42. The van der Waals surface area contributed by atoms with Crippen molar-refractivity contribution in [1.29, 1.82) is 0 Å². The van der Waals surface area contributed by atoms with E-state index in [0.29, 0.717) is 13.0 Å². The Morgan fingerprint density at radius 2 is 2.00 bits per heavy atom. The first-order valence-corrected chi connectivity index (χ1v) is 8.39. The molecule has 1 aliphatic heterocycles. The molecule has 1 amide bonds. The van der Waals surface area contributed by atoms with Gasteiger partial charge in [-0.1, -0.05) is 13.3 Å². The number of nitrogens with two attached hydrogens (primary N) is 1. The van der Waals surface area contributed by atoms with Crippen molar-refractivity contribution in [1.82, 2.24) is 14.9 Å². The van der Waals surface area contributed by atoms with E-state index in [1.165, 1.54) is 0 Å². The highest BCUT2D eigenvalue weighted by molar-refractivity contribution is 5.79. The number of carbonyl (C=O) groups excluding carboxylic acids is 1.